The van der Waals surface area contributed by atoms with Gasteiger partial charge in [0.2, 0.25) is 11.9 Å². The molecule has 1 unspecified atom stereocenters. The highest BCUT2D eigenvalue weighted by Gasteiger charge is 2.27. The van der Waals surface area contributed by atoms with Gasteiger partial charge >= 0.3 is 11.9 Å². The molecule has 6 heteroatoms. The fourth-order valence-corrected chi connectivity index (χ4v) is 0.543. The van der Waals surface area contributed by atoms with Gasteiger partial charge in [0, 0.05) is 6.92 Å². The molecule has 0 heterocycles. The van der Waals surface area contributed by atoms with Crippen molar-refractivity contribution in [1.82, 2.24) is 5.32 Å². The van der Waals surface area contributed by atoms with Crippen molar-refractivity contribution in [2.24, 2.45) is 0 Å². The number of carboxylic acid groups (broad SMARTS) is 1. The van der Waals surface area contributed by atoms with E-state index in [1.165, 1.54) is 0 Å². The molecule has 1 atom stereocenters. The first kappa shape index (κ1) is 10.4. The van der Waals surface area contributed by atoms with Gasteiger partial charge in [-0.25, -0.2) is 9.59 Å². The first-order valence-corrected chi connectivity index (χ1v) is 3.06. The third kappa shape index (κ3) is 3.00. The SMILES string of the molecule is COC(=O)C(NC(C)=O)C(=O)O. The molecule has 0 fully saturated rings. The minimum Gasteiger partial charge on any atom is -0.479 e. The van der Waals surface area contributed by atoms with Crippen LogP contribution in [-0.2, 0) is 19.1 Å². The lowest BCUT2D eigenvalue weighted by molar-refractivity contribution is -0.154. The lowest BCUT2D eigenvalue weighted by Crippen LogP contribution is -2.46. The van der Waals surface area contributed by atoms with Crippen molar-refractivity contribution in [2.45, 2.75) is 13.0 Å². The van der Waals surface area contributed by atoms with Crippen molar-refractivity contribution in [1.29, 1.82) is 0 Å². The molecule has 0 aromatic rings. The number of carbonyl (C=O) groups excluding carboxylic acids is 2. The number of hydrogen-bond donors (Lipinski definition) is 2. The summed E-state index contributed by atoms with van der Waals surface area (Å²) in [6.45, 7) is 1.11. The standard InChI is InChI=1S/C6H9NO5/c1-3(8)7-4(5(9)10)6(11)12-2/h4H,1-2H3,(H,7,8)(H,9,10). The summed E-state index contributed by atoms with van der Waals surface area (Å²) in [5, 5.41) is 10.3. The predicted molar refractivity (Wildman–Crippen MR) is 37.3 cm³/mol. The Bertz CT molecular complexity index is 212. The average Bonchev–Trinajstić information content (AvgIpc) is 1.98. The van der Waals surface area contributed by atoms with Gasteiger partial charge in [-0.2, -0.15) is 0 Å². The fraction of sp³-hybridized carbons (Fsp3) is 0.500. The lowest BCUT2D eigenvalue weighted by atomic mass is 10.3. The normalized spacial score (nSPS) is 11.5. The summed E-state index contributed by atoms with van der Waals surface area (Å²) in [6.07, 6.45) is 0. The summed E-state index contributed by atoms with van der Waals surface area (Å²) >= 11 is 0. The number of esters is 1. The number of amides is 1. The first-order valence-electron chi connectivity index (χ1n) is 3.06. The molecule has 12 heavy (non-hydrogen) atoms. The molecule has 68 valence electrons. The maximum Gasteiger partial charge on any atom is 0.340 e. The molecule has 0 bridgehead atoms. The van der Waals surface area contributed by atoms with E-state index in [-0.39, 0.29) is 0 Å². The Hall–Kier alpha value is -1.59. The van der Waals surface area contributed by atoms with Gasteiger partial charge in [-0.15, -0.1) is 0 Å². The number of aliphatic carboxylic acids is 1. The smallest absolute Gasteiger partial charge is 0.340 e. The summed E-state index contributed by atoms with van der Waals surface area (Å²) in [7, 11) is 1.04. The molecule has 0 rings (SSSR count). The topological polar surface area (TPSA) is 92.7 Å². The zero-order valence-electron chi connectivity index (χ0n) is 6.66. The van der Waals surface area contributed by atoms with E-state index in [0.717, 1.165) is 14.0 Å². The van der Waals surface area contributed by atoms with Gasteiger partial charge in [0.1, 0.15) is 0 Å². The quantitative estimate of drug-likeness (QED) is 0.413. The van der Waals surface area contributed by atoms with Gasteiger partial charge in [0.05, 0.1) is 7.11 Å². The third-order valence-corrected chi connectivity index (χ3v) is 1.03. The number of ether oxygens (including phenoxy) is 1. The molecule has 0 aliphatic heterocycles. The predicted octanol–water partition coefficient (Wildman–Crippen LogP) is -1.25. The van der Waals surface area contributed by atoms with Crippen LogP contribution in [0.2, 0.25) is 0 Å². The van der Waals surface area contributed by atoms with Gasteiger partial charge < -0.3 is 15.2 Å². The van der Waals surface area contributed by atoms with E-state index in [0.29, 0.717) is 0 Å². The second-order valence-corrected chi connectivity index (χ2v) is 1.99. The fourth-order valence-electron chi connectivity index (χ4n) is 0.543. The summed E-state index contributed by atoms with van der Waals surface area (Å²) in [5.74, 6) is -3.05. The zero-order valence-corrected chi connectivity index (χ0v) is 6.66. The summed E-state index contributed by atoms with van der Waals surface area (Å²) in [6, 6.07) is -1.62. The molecule has 2 N–H and O–H groups in total. The van der Waals surface area contributed by atoms with Crippen molar-refractivity contribution in [3.63, 3.8) is 0 Å². The molecule has 1 amide bonds. The molecular weight excluding hydrogens is 166 g/mol. The Morgan fingerprint density at radius 3 is 2.17 bits per heavy atom. The van der Waals surface area contributed by atoms with Crippen molar-refractivity contribution in [3.8, 4) is 0 Å². The number of hydrogen-bond acceptors (Lipinski definition) is 4. The monoisotopic (exact) mass is 175 g/mol. The number of carbonyl (C=O) groups is 3. The highest BCUT2D eigenvalue weighted by Crippen LogP contribution is 1.87. The van der Waals surface area contributed by atoms with Crippen LogP contribution < -0.4 is 5.32 Å². The van der Waals surface area contributed by atoms with Crippen LogP contribution in [0.15, 0.2) is 0 Å². The van der Waals surface area contributed by atoms with Crippen LogP contribution in [-0.4, -0.2) is 36.1 Å². The number of nitrogens with one attached hydrogen (secondary N) is 1. The van der Waals surface area contributed by atoms with Crippen molar-refractivity contribution < 1.29 is 24.2 Å². The Morgan fingerprint density at radius 1 is 1.42 bits per heavy atom. The molecule has 0 aromatic heterocycles. The van der Waals surface area contributed by atoms with Gasteiger partial charge in [-0.1, -0.05) is 0 Å². The lowest BCUT2D eigenvalue weighted by Gasteiger charge is -2.09. The molecule has 0 radical (unpaired) electrons. The second-order valence-electron chi connectivity index (χ2n) is 1.99. The zero-order chi connectivity index (χ0) is 9.72. The van der Waals surface area contributed by atoms with Crippen molar-refractivity contribution in [2.75, 3.05) is 7.11 Å². The molecular formula is C6H9NO5. The molecule has 0 spiro atoms. The van der Waals surface area contributed by atoms with Gasteiger partial charge in [0.15, 0.2) is 0 Å². The molecule has 0 aliphatic rings. The van der Waals surface area contributed by atoms with E-state index in [1.807, 2.05) is 5.32 Å². The third-order valence-electron chi connectivity index (χ3n) is 1.03. The summed E-state index contributed by atoms with van der Waals surface area (Å²) in [5.41, 5.74) is 0. The van der Waals surface area contributed by atoms with E-state index in [1.54, 1.807) is 0 Å². The maximum atomic E-state index is 10.7. The number of methoxy groups -OCH3 is 1. The Balaban J connectivity index is 4.33. The van der Waals surface area contributed by atoms with Crippen LogP contribution in [0.1, 0.15) is 6.92 Å². The van der Waals surface area contributed by atoms with Crippen LogP contribution >= 0.6 is 0 Å². The van der Waals surface area contributed by atoms with Crippen LogP contribution in [0.5, 0.6) is 0 Å². The van der Waals surface area contributed by atoms with E-state index < -0.39 is 23.9 Å². The largest absolute Gasteiger partial charge is 0.479 e. The van der Waals surface area contributed by atoms with Gasteiger partial charge in [-0.05, 0) is 0 Å². The van der Waals surface area contributed by atoms with E-state index in [9.17, 15) is 14.4 Å². The van der Waals surface area contributed by atoms with Crippen LogP contribution in [0.25, 0.3) is 0 Å². The molecule has 0 aromatic carbocycles. The van der Waals surface area contributed by atoms with Crippen molar-refractivity contribution >= 4 is 17.8 Å². The van der Waals surface area contributed by atoms with Gasteiger partial charge in [0.25, 0.3) is 0 Å². The van der Waals surface area contributed by atoms with Crippen LogP contribution in [0, 0.1) is 0 Å². The first-order chi connectivity index (χ1) is 5.49. The van der Waals surface area contributed by atoms with Gasteiger partial charge in [-0.3, -0.25) is 4.79 Å². The maximum absolute atomic E-state index is 10.7. The van der Waals surface area contributed by atoms with E-state index in [2.05, 4.69) is 4.74 Å². The van der Waals surface area contributed by atoms with Crippen LogP contribution in [0.3, 0.4) is 0 Å². The average molecular weight is 175 g/mol. The van der Waals surface area contributed by atoms with E-state index >= 15 is 0 Å². The highest BCUT2D eigenvalue weighted by atomic mass is 16.5. The second kappa shape index (κ2) is 4.32. The summed E-state index contributed by atoms with van der Waals surface area (Å²) < 4.78 is 4.14. The Morgan fingerprint density at radius 2 is 1.92 bits per heavy atom. The minimum absolute atomic E-state index is 0.604. The molecule has 0 aliphatic carbocycles. The van der Waals surface area contributed by atoms with E-state index in [4.69, 9.17) is 5.11 Å². The Labute approximate surface area is 68.5 Å². The number of carboxylic acids is 1. The van der Waals surface area contributed by atoms with Crippen molar-refractivity contribution in [3.05, 3.63) is 0 Å². The summed E-state index contributed by atoms with van der Waals surface area (Å²) in [4.78, 5) is 31.4. The van der Waals surface area contributed by atoms with Crippen LogP contribution in [0.4, 0.5) is 0 Å². The molecule has 0 saturated carbocycles. The minimum atomic E-state index is -1.62. The molecule has 6 nitrogen and oxygen atoms in total. The Kier molecular flexibility index (Phi) is 3.75. The molecule has 0 saturated heterocycles. The number of rotatable bonds is 3. The highest BCUT2D eigenvalue weighted by molar-refractivity contribution is 6.01.